The molecule has 268 valence electrons. The SMILES string of the molecule is C=C(C)C(=O)Cl.C=C(C)C(=O)Oc1ccccc1C(=O)OC1CC(C)CC(C)(C)C1.CC1CC(OC(=O)c2ccccc2O)CC(C)(C)C1. The number of carbonyl (C=O) groups is 4. The third kappa shape index (κ3) is 14.2. The summed E-state index contributed by atoms with van der Waals surface area (Å²) >= 11 is 4.87. The first-order valence-electron chi connectivity index (χ1n) is 16.7. The minimum atomic E-state index is -0.553. The number of aromatic hydroxyl groups is 1. The van der Waals surface area contributed by atoms with E-state index < -0.39 is 23.2 Å². The summed E-state index contributed by atoms with van der Waals surface area (Å²) < 4.78 is 16.5. The number of halogens is 1. The van der Waals surface area contributed by atoms with Crippen molar-refractivity contribution in [2.24, 2.45) is 22.7 Å². The minimum Gasteiger partial charge on any atom is -0.507 e. The standard InChI is InChI=1S/C20H26O4.C16H22O3.C4H5ClO/c1-13(2)18(21)24-17-9-7-6-8-16(17)19(22)23-15-10-14(3)11-20(4,5)12-15;1-11-8-12(10-16(2,3)9-11)19-15(18)13-6-4-5-7-14(13)17;1-3(2)4(5)6/h6-9,14-15H,1,10-12H2,2-5H3;4-7,11-12,17H,8-10H2,1-3H3;1H2,2H3. The molecule has 2 aromatic rings. The zero-order valence-electron chi connectivity index (χ0n) is 30.3. The molecule has 0 spiro atoms. The first kappa shape index (κ1) is 41.3. The molecular weight excluding hydrogens is 644 g/mol. The second-order valence-corrected chi connectivity index (χ2v) is 15.5. The van der Waals surface area contributed by atoms with Gasteiger partial charge in [0, 0.05) is 11.1 Å². The number of phenols is 1. The molecule has 9 heteroatoms. The molecule has 2 aromatic carbocycles. The average Bonchev–Trinajstić information content (AvgIpc) is 2.96. The van der Waals surface area contributed by atoms with Crippen LogP contribution >= 0.6 is 11.6 Å². The van der Waals surface area contributed by atoms with Crippen molar-refractivity contribution in [2.75, 3.05) is 0 Å². The number of esters is 3. The number of hydrogen-bond acceptors (Lipinski definition) is 8. The third-order valence-electron chi connectivity index (χ3n) is 8.36. The van der Waals surface area contributed by atoms with Gasteiger partial charge in [0.2, 0.25) is 5.24 Å². The highest BCUT2D eigenvalue weighted by molar-refractivity contribution is 6.67. The van der Waals surface area contributed by atoms with E-state index in [1.165, 1.54) is 6.07 Å². The highest BCUT2D eigenvalue weighted by atomic mass is 35.5. The zero-order valence-corrected chi connectivity index (χ0v) is 31.0. The number of ether oxygens (including phenoxy) is 3. The Balaban J connectivity index is 0.000000297. The topological polar surface area (TPSA) is 116 Å². The Morgan fingerprint density at radius 2 is 1.12 bits per heavy atom. The van der Waals surface area contributed by atoms with Crippen molar-refractivity contribution in [1.29, 1.82) is 0 Å². The quantitative estimate of drug-likeness (QED) is 0.132. The molecular formula is C40H53ClO8. The molecule has 2 fully saturated rings. The Bertz CT molecular complexity index is 1500. The lowest BCUT2D eigenvalue weighted by atomic mass is 9.71. The van der Waals surface area contributed by atoms with Crippen LogP contribution < -0.4 is 4.74 Å². The maximum absolute atomic E-state index is 12.6. The molecule has 4 rings (SSSR count). The molecule has 0 radical (unpaired) electrons. The van der Waals surface area contributed by atoms with E-state index in [2.05, 4.69) is 54.7 Å². The first-order chi connectivity index (χ1) is 22.7. The van der Waals surface area contributed by atoms with Crippen LogP contribution in [0.1, 0.15) is 115 Å². The number of carbonyl (C=O) groups excluding carboxylic acids is 4. The van der Waals surface area contributed by atoms with E-state index in [1.807, 2.05) is 0 Å². The van der Waals surface area contributed by atoms with Gasteiger partial charge < -0.3 is 19.3 Å². The molecule has 4 unspecified atom stereocenters. The summed E-state index contributed by atoms with van der Waals surface area (Å²) in [4.78, 5) is 46.2. The number of para-hydroxylation sites is 2. The Morgan fingerprint density at radius 1 is 0.714 bits per heavy atom. The van der Waals surface area contributed by atoms with Gasteiger partial charge >= 0.3 is 17.9 Å². The summed E-state index contributed by atoms with van der Waals surface area (Å²) in [6.45, 7) is 23.2. The van der Waals surface area contributed by atoms with Crippen LogP contribution in [0, 0.1) is 22.7 Å². The highest BCUT2D eigenvalue weighted by Crippen LogP contribution is 2.41. The minimum absolute atomic E-state index is 0.0179. The maximum Gasteiger partial charge on any atom is 0.342 e. The van der Waals surface area contributed by atoms with Gasteiger partial charge in [0.25, 0.3) is 0 Å². The van der Waals surface area contributed by atoms with Crippen molar-refractivity contribution in [3.8, 4) is 11.5 Å². The molecule has 0 heterocycles. The summed E-state index contributed by atoms with van der Waals surface area (Å²) in [7, 11) is 0. The summed E-state index contributed by atoms with van der Waals surface area (Å²) in [6, 6.07) is 13.2. The predicted octanol–water partition coefficient (Wildman–Crippen LogP) is 9.63. The molecule has 2 aliphatic rings. The first-order valence-corrected chi connectivity index (χ1v) is 17.1. The van der Waals surface area contributed by atoms with E-state index in [9.17, 15) is 24.3 Å². The van der Waals surface area contributed by atoms with Crippen LogP contribution in [-0.4, -0.2) is 40.5 Å². The lowest BCUT2D eigenvalue weighted by molar-refractivity contribution is -0.130. The molecule has 1 N–H and O–H groups in total. The summed E-state index contributed by atoms with van der Waals surface area (Å²) in [5, 5.41) is 9.20. The Morgan fingerprint density at radius 3 is 1.53 bits per heavy atom. The van der Waals surface area contributed by atoms with Crippen molar-refractivity contribution in [1.82, 2.24) is 0 Å². The molecule has 4 atom stereocenters. The molecule has 0 aromatic heterocycles. The van der Waals surface area contributed by atoms with Gasteiger partial charge in [-0.2, -0.15) is 0 Å². The van der Waals surface area contributed by atoms with Gasteiger partial charge in [0.15, 0.2) is 0 Å². The van der Waals surface area contributed by atoms with Crippen molar-refractivity contribution in [2.45, 2.75) is 106 Å². The molecule has 2 saturated carbocycles. The molecule has 0 saturated heterocycles. The predicted molar refractivity (Wildman–Crippen MR) is 193 cm³/mol. The van der Waals surface area contributed by atoms with Gasteiger partial charge in [-0.25, -0.2) is 14.4 Å². The number of hydrogen-bond donors (Lipinski definition) is 1. The lowest BCUT2D eigenvalue weighted by Gasteiger charge is -2.38. The molecule has 0 bridgehead atoms. The summed E-state index contributed by atoms with van der Waals surface area (Å²) in [5.74, 6) is -0.158. The fourth-order valence-electron chi connectivity index (χ4n) is 6.68. The van der Waals surface area contributed by atoms with Crippen LogP contribution in [0.4, 0.5) is 0 Å². The van der Waals surface area contributed by atoms with Crippen molar-refractivity contribution < 1.29 is 38.5 Å². The Kier molecular flexibility index (Phi) is 15.3. The third-order valence-corrected chi connectivity index (χ3v) is 8.68. The van der Waals surface area contributed by atoms with Crippen molar-refractivity contribution in [3.63, 3.8) is 0 Å². The summed E-state index contributed by atoms with van der Waals surface area (Å²) in [6.07, 6.45) is 5.64. The van der Waals surface area contributed by atoms with Gasteiger partial charge in [-0.15, -0.1) is 0 Å². The van der Waals surface area contributed by atoms with Crippen molar-refractivity contribution >= 4 is 34.8 Å². The summed E-state index contributed by atoms with van der Waals surface area (Å²) in [5.41, 5.74) is 1.55. The number of allylic oxidation sites excluding steroid dienone is 1. The number of benzene rings is 2. The van der Waals surface area contributed by atoms with Gasteiger partial charge in [0.1, 0.15) is 34.8 Å². The normalized spacial score (nSPS) is 22.0. The Labute approximate surface area is 296 Å². The Hall–Kier alpha value is -3.91. The van der Waals surface area contributed by atoms with Gasteiger partial charge in [-0.3, -0.25) is 4.79 Å². The maximum atomic E-state index is 12.6. The van der Waals surface area contributed by atoms with E-state index >= 15 is 0 Å². The second kappa shape index (κ2) is 18.2. The van der Waals surface area contributed by atoms with E-state index in [1.54, 1.807) is 56.3 Å². The van der Waals surface area contributed by atoms with Gasteiger partial charge in [-0.05, 0) is 111 Å². The highest BCUT2D eigenvalue weighted by Gasteiger charge is 2.35. The van der Waals surface area contributed by atoms with E-state index in [0.717, 1.165) is 38.5 Å². The smallest absolute Gasteiger partial charge is 0.342 e. The van der Waals surface area contributed by atoms with Gasteiger partial charge in [0.05, 0.1) is 0 Å². The van der Waals surface area contributed by atoms with E-state index in [0.29, 0.717) is 17.4 Å². The van der Waals surface area contributed by atoms with E-state index in [4.69, 9.17) is 25.8 Å². The average molecular weight is 697 g/mol. The monoisotopic (exact) mass is 696 g/mol. The van der Waals surface area contributed by atoms with Crippen LogP contribution in [0.25, 0.3) is 0 Å². The molecule has 49 heavy (non-hydrogen) atoms. The molecule has 0 aliphatic heterocycles. The second-order valence-electron chi connectivity index (χ2n) is 15.1. The van der Waals surface area contributed by atoms with E-state index in [-0.39, 0.29) is 51.2 Å². The number of rotatable bonds is 7. The molecule has 8 nitrogen and oxygen atoms in total. The van der Waals surface area contributed by atoms with Crippen LogP contribution in [-0.2, 0) is 19.1 Å². The van der Waals surface area contributed by atoms with Crippen LogP contribution in [0.2, 0.25) is 0 Å². The lowest BCUT2D eigenvalue weighted by Crippen LogP contribution is -2.34. The van der Waals surface area contributed by atoms with Crippen molar-refractivity contribution in [3.05, 3.63) is 84.0 Å². The molecule has 2 aliphatic carbocycles. The largest absolute Gasteiger partial charge is 0.507 e. The van der Waals surface area contributed by atoms with Crippen LogP contribution in [0.15, 0.2) is 72.8 Å². The number of phenolic OH excluding ortho intramolecular Hbond substituents is 1. The zero-order chi connectivity index (χ0) is 37.1. The van der Waals surface area contributed by atoms with Crippen LogP contribution in [0.5, 0.6) is 11.5 Å². The fraction of sp³-hybridized carbons (Fsp3) is 0.500. The molecule has 0 amide bonds. The fourth-order valence-corrected chi connectivity index (χ4v) is 6.68. The van der Waals surface area contributed by atoms with Gasteiger partial charge in [-0.1, -0.05) is 79.0 Å². The van der Waals surface area contributed by atoms with Crippen LogP contribution in [0.3, 0.4) is 0 Å².